The first-order chi connectivity index (χ1) is 17.1. The van der Waals surface area contributed by atoms with E-state index in [-0.39, 0.29) is 23.7 Å². The highest BCUT2D eigenvalue weighted by atomic mass is 35.5. The Kier molecular flexibility index (Phi) is 5.93. The van der Waals surface area contributed by atoms with E-state index in [0.29, 0.717) is 50.4 Å². The van der Waals surface area contributed by atoms with Crippen LogP contribution in [0.15, 0.2) is 60.7 Å². The number of aromatic nitrogens is 2. The summed E-state index contributed by atoms with van der Waals surface area (Å²) in [6.45, 7) is 1.83. The molecule has 5 rings (SSSR count). The summed E-state index contributed by atoms with van der Waals surface area (Å²) in [5, 5.41) is 15.2. The molecule has 182 valence electrons. The van der Waals surface area contributed by atoms with Crippen molar-refractivity contribution in [3.63, 3.8) is 0 Å². The molecule has 1 aromatic heterocycles. The van der Waals surface area contributed by atoms with Gasteiger partial charge in [0.2, 0.25) is 0 Å². The van der Waals surface area contributed by atoms with E-state index >= 15 is 0 Å². The molecule has 0 amide bonds. The Hall–Kier alpha value is -3.54. The smallest absolute Gasteiger partial charge is 0.163 e. The van der Waals surface area contributed by atoms with Gasteiger partial charge in [0.05, 0.1) is 39.4 Å². The number of sulfone groups is 1. The molecule has 0 spiro atoms. The third-order valence-electron chi connectivity index (χ3n) is 6.60. The van der Waals surface area contributed by atoms with Crippen LogP contribution in [0.1, 0.15) is 35.7 Å². The van der Waals surface area contributed by atoms with Gasteiger partial charge in [-0.3, -0.25) is 4.79 Å². The van der Waals surface area contributed by atoms with E-state index in [1.165, 1.54) is 12.1 Å². The number of fused-ring (bicyclic) bond motifs is 1. The lowest BCUT2D eigenvalue weighted by Crippen LogP contribution is -2.22. The van der Waals surface area contributed by atoms with Gasteiger partial charge >= 0.3 is 0 Å². The van der Waals surface area contributed by atoms with Gasteiger partial charge in [0, 0.05) is 22.9 Å². The lowest BCUT2D eigenvalue weighted by atomic mass is 9.83. The predicted octanol–water partition coefficient (Wildman–Crippen LogP) is 5.75. The zero-order valence-corrected chi connectivity index (χ0v) is 20.9. The molecule has 2 heterocycles. The first kappa shape index (κ1) is 24.2. The molecule has 1 atom stereocenters. The summed E-state index contributed by atoms with van der Waals surface area (Å²) < 4.78 is 39.2. The van der Waals surface area contributed by atoms with E-state index < -0.39 is 21.1 Å². The number of carbonyl (C=O) groups excluding carboxylic acids is 1. The third kappa shape index (κ3) is 4.52. The fourth-order valence-electron chi connectivity index (χ4n) is 4.75. The van der Waals surface area contributed by atoms with Crippen molar-refractivity contribution < 1.29 is 17.6 Å². The number of halogens is 2. The minimum atomic E-state index is -3.13. The number of Topliss-reactive ketones (excluding diaryl/α,β-unsaturated/α-hetero) is 1. The van der Waals surface area contributed by atoms with Gasteiger partial charge in [0.15, 0.2) is 15.6 Å². The van der Waals surface area contributed by atoms with Gasteiger partial charge in [0.25, 0.3) is 0 Å². The Balaban J connectivity index is 1.64. The molecule has 1 saturated heterocycles. The Morgan fingerprint density at radius 3 is 2.58 bits per heavy atom. The molecule has 36 heavy (non-hydrogen) atoms. The van der Waals surface area contributed by atoms with E-state index in [4.69, 9.17) is 16.7 Å². The first-order valence-electron chi connectivity index (χ1n) is 11.3. The molecular formula is C27H21ClFN3O3S. The van der Waals surface area contributed by atoms with E-state index in [1.54, 1.807) is 53.2 Å². The maximum Gasteiger partial charge on any atom is 0.163 e. The van der Waals surface area contributed by atoms with Crippen LogP contribution in [-0.2, 0) is 9.84 Å². The number of benzene rings is 3. The number of ketones is 1. The van der Waals surface area contributed by atoms with E-state index in [0.717, 1.165) is 0 Å². The molecule has 1 fully saturated rings. The summed E-state index contributed by atoms with van der Waals surface area (Å²) >= 11 is 6.47. The predicted molar refractivity (Wildman–Crippen MR) is 137 cm³/mol. The molecule has 9 heteroatoms. The molecule has 1 aliphatic rings. The van der Waals surface area contributed by atoms with Crippen LogP contribution in [0.5, 0.6) is 0 Å². The topological polar surface area (TPSA) is 92.8 Å². The highest BCUT2D eigenvalue weighted by molar-refractivity contribution is 7.91. The maximum absolute atomic E-state index is 13.6. The molecule has 4 aromatic rings. The van der Waals surface area contributed by atoms with Crippen LogP contribution in [-0.4, -0.2) is 35.5 Å². The SMILES string of the molecule is CC1(CC(=O)c2ccc3c(-c4cc(C#N)ccc4Cl)nn(-c4ccc(F)cc4)c3c2)CCS(=O)(=O)C1. The summed E-state index contributed by atoms with van der Waals surface area (Å²) in [5.41, 5.74) is 2.51. The van der Waals surface area contributed by atoms with Gasteiger partial charge in [-0.2, -0.15) is 10.4 Å². The Bertz CT molecular complexity index is 1670. The van der Waals surface area contributed by atoms with Crippen molar-refractivity contribution in [1.29, 1.82) is 5.26 Å². The molecule has 0 saturated carbocycles. The molecule has 3 aromatic carbocycles. The maximum atomic E-state index is 13.6. The summed E-state index contributed by atoms with van der Waals surface area (Å²) in [4.78, 5) is 13.2. The van der Waals surface area contributed by atoms with Crippen molar-refractivity contribution >= 4 is 38.1 Å². The number of rotatable bonds is 5. The highest BCUT2D eigenvalue weighted by Crippen LogP contribution is 2.38. The normalized spacial score (nSPS) is 18.8. The molecular weight excluding hydrogens is 501 g/mol. The highest BCUT2D eigenvalue weighted by Gasteiger charge is 2.40. The average Bonchev–Trinajstić information content (AvgIpc) is 3.35. The van der Waals surface area contributed by atoms with Crippen LogP contribution in [0.25, 0.3) is 27.8 Å². The van der Waals surface area contributed by atoms with Crippen molar-refractivity contribution in [3.8, 4) is 23.0 Å². The largest absolute Gasteiger partial charge is 0.294 e. The quantitative estimate of drug-likeness (QED) is 0.311. The second-order valence-electron chi connectivity index (χ2n) is 9.53. The Labute approximate surface area is 212 Å². The molecule has 1 unspecified atom stereocenters. The van der Waals surface area contributed by atoms with Crippen LogP contribution < -0.4 is 0 Å². The van der Waals surface area contributed by atoms with Gasteiger partial charge < -0.3 is 0 Å². The molecule has 1 aliphatic heterocycles. The van der Waals surface area contributed by atoms with Gasteiger partial charge in [0.1, 0.15) is 11.5 Å². The van der Waals surface area contributed by atoms with Crippen LogP contribution in [0.2, 0.25) is 5.02 Å². The number of hydrogen-bond donors (Lipinski definition) is 0. The molecule has 0 N–H and O–H groups in total. The fraction of sp³-hybridized carbons (Fsp3) is 0.222. The van der Waals surface area contributed by atoms with Crippen LogP contribution in [0, 0.1) is 22.6 Å². The average molecular weight is 522 g/mol. The van der Waals surface area contributed by atoms with E-state index in [2.05, 4.69) is 6.07 Å². The van der Waals surface area contributed by atoms with E-state index in [1.807, 2.05) is 6.92 Å². The van der Waals surface area contributed by atoms with Crippen molar-refractivity contribution in [1.82, 2.24) is 9.78 Å². The van der Waals surface area contributed by atoms with Crippen molar-refractivity contribution in [2.75, 3.05) is 11.5 Å². The number of nitriles is 1. The van der Waals surface area contributed by atoms with Crippen LogP contribution in [0.3, 0.4) is 0 Å². The van der Waals surface area contributed by atoms with Gasteiger partial charge in [-0.25, -0.2) is 17.5 Å². The second-order valence-corrected chi connectivity index (χ2v) is 12.1. The monoisotopic (exact) mass is 521 g/mol. The molecule has 0 aliphatic carbocycles. The number of carbonyl (C=O) groups is 1. The Morgan fingerprint density at radius 2 is 1.92 bits per heavy atom. The summed E-state index contributed by atoms with van der Waals surface area (Å²) in [6, 6.07) is 18.0. The summed E-state index contributed by atoms with van der Waals surface area (Å²) in [5.74, 6) is -0.455. The third-order valence-corrected chi connectivity index (χ3v) is 8.89. The minimum Gasteiger partial charge on any atom is -0.294 e. The fourth-order valence-corrected chi connectivity index (χ4v) is 7.21. The lowest BCUT2D eigenvalue weighted by Gasteiger charge is -2.20. The van der Waals surface area contributed by atoms with Gasteiger partial charge in [-0.1, -0.05) is 24.6 Å². The molecule has 6 nitrogen and oxygen atoms in total. The van der Waals surface area contributed by atoms with Crippen LogP contribution >= 0.6 is 11.6 Å². The zero-order valence-electron chi connectivity index (χ0n) is 19.3. The van der Waals surface area contributed by atoms with Crippen LogP contribution in [0.4, 0.5) is 4.39 Å². The summed E-state index contributed by atoms with van der Waals surface area (Å²) in [7, 11) is -3.13. The van der Waals surface area contributed by atoms with Crippen molar-refractivity contribution in [3.05, 3.63) is 82.6 Å². The molecule has 0 radical (unpaired) electrons. The minimum absolute atomic E-state index is 0.000618. The molecule has 0 bridgehead atoms. The number of nitrogens with zero attached hydrogens (tertiary/aromatic N) is 3. The Morgan fingerprint density at radius 1 is 1.17 bits per heavy atom. The first-order valence-corrected chi connectivity index (χ1v) is 13.5. The standard InChI is InChI=1S/C27H21ClFN3O3S/c1-27(10-11-36(34,35)16-27)14-25(33)18-3-8-21-24(13-18)32(20-6-4-19(29)5-7-20)31-26(21)22-12-17(15-30)2-9-23(22)28/h2-9,12-13H,10-11,14,16H2,1H3. The van der Waals surface area contributed by atoms with Gasteiger partial charge in [-0.15, -0.1) is 0 Å². The van der Waals surface area contributed by atoms with E-state index in [9.17, 15) is 22.9 Å². The number of hydrogen-bond acceptors (Lipinski definition) is 5. The van der Waals surface area contributed by atoms with Crippen molar-refractivity contribution in [2.24, 2.45) is 5.41 Å². The van der Waals surface area contributed by atoms with Gasteiger partial charge in [-0.05, 0) is 66.4 Å². The zero-order chi connectivity index (χ0) is 25.7. The van der Waals surface area contributed by atoms with Crippen molar-refractivity contribution in [2.45, 2.75) is 19.8 Å². The summed E-state index contributed by atoms with van der Waals surface area (Å²) in [6.07, 6.45) is 0.569. The second kappa shape index (κ2) is 8.84. The lowest BCUT2D eigenvalue weighted by molar-refractivity contribution is 0.0934.